The molecule has 2 rings (SSSR count). The molecule has 5 heteroatoms. The normalized spacial score (nSPS) is 16.2. The van der Waals surface area contributed by atoms with E-state index in [-0.39, 0.29) is 11.6 Å². The Balaban J connectivity index is 2.13. The molecule has 2 N–H and O–H groups in total. The van der Waals surface area contributed by atoms with Gasteiger partial charge in [-0.25, -0.2) is 14.8 Å². The molecule has 1 fully saturated rings. The van der Waals surface area contributed by atoms with Crippen molar-refractivity contribution in [1.82, 2.24) is 9.97 Å². The molecule has 1 saturated carbocycles. The van der Waals surface area contributed by atoms with Gasteiger partial charge in [0.2, 0.25) is 0 Å². The van der Waals surface area contributed by atoms with E-state index in [4.69, 9.17) is 0 Å². The summed E-state index contributed by atoms with van der Waals surface area (Å²) in [4.78, 5) is 19.7. The summed E-state index contributed by atoms with van der Waals surface area (Å²) < 4.78 is 0. The zero-order valence-corrected chi connectivity index (χ0v) is 12.4. The lowest BCUT2D eigenvalue weighted by Gasteiger charge is -2.17. The van der Waals surface area contributed by atoms with Crippen molar-refractivity contribution in [2.24, 2.45) is 5.41 Å². The summed E-state index contributed by atoms with van der Waals surface area (Å²) in [6.45, 7) is 6.90. The lowest BCUT2D eigenvalue weighted by atomic mass is 10.0. The van der Waals surface area contributed by atoms with Gasteiger partial charge < -0.3 is 10.4 Å². The molecular formula is C15H23N3O2. The summed E-state index contributed by atoms with van der Waals surface area (Å²) in [7, 11) is 0. The van der Waals surface area contributed by atoms with Crippen molar-refractivity contribution in [2.45, 2.75) is 52.4 Å². The lowest BCUT2D eigenvalue weighted by molar-refractivity contribution is 0.0691. The summed E-state index contributed by atoms with van der Waals surface area (Å²) >= 11 is 0. The van der Waals surface area contributed by atoms with Gasteiger partial charge in [-0.1, -0.05) is 27.2 Å². The highest BCUT2D eigenvalue weighted by molar-refractivity contribution is 5.91. The first-order valence-electron chi connectivity index (χ1n) is 7.31. The minimum atomic E-state index is -1.00. The maximum atomic E-state index is 11.3. The molecule has 0 saturated heterocycles. The van der Waals surface area contributed by atoms with E-state index in [1.54, 1.807) is 6.20 Å². The van der Waals surface area contributed by atoms with Gasteiger partial charge in [0.25, 0.3) is 0 Å². The van der Waals surface area contributed by atoms with E-state index in [1.807, 2.05) is 13.8 Å². The lowest BCUT2D eigenvalue weighted by Crippen LogP contribution is -2.18. The third-order valence-corrected chi connectivity index (χ3v) is 3.92. The third kappa shape index (κ3) is 3.26. The van der Waals surface area contributed by atoms with Crippen molar-refractivity contribution in [3.05, 3.63) is 17.7 Å². The molecule has 0 aliphatic heterocycles. The molecule has 5 nitrogen and oxygen atoms in total. The molecule has 0 atom stereocenters. The van der Waals surface area contributed by atoms with Crippen LogP contribution in [-0.4, -0.2) is 27.6 Å². The third-order valence-electron chi connectivity index (χ3n) is 3.92. The molecule has 0 bridgehead atoms. The quantitative estimate of drug-likeness (QED) is 0.800. The Morgan fingerprint density at radius 2 is 2.20 bits per heavy atom. The van der Waals surface area contributed by atoms with E-state index >= 15 is 0 Å². The number of nitrogens with one attached hydrogen (secondary N) is 1. The van der Waals surface area contributed by atoms with Gasteiger partial charge in [-0.2, -0.15) is 0 Å². The summed E-state index contributed by atoms with van der Waals surface area (Å²) in [5, 5.41) is 12.5. The molecule has 1 aromatic heterocycles. The second-order valence-electron chi connectivity index (χ2n) is 6.05. The first-order valence-corrected chi connectivity index (χ1v) is 7.31. The summed E-state index contributed by atoms with van der Waals surface area (Å²) in [6.07, 6.45) is 6.40. The smallest absolute Gasteiger partial charge is 0.356 e. The molecule has 0 aromatic carbocycles. The predicted molar refractivity (Wildman–Crippen MR) is 78.1 cm³/mol. The number of aromatic nitrogens is 2. The number of nitrogens with zero attached hydrogens (tertiary/aromatic N) is 2. The number of hydrogen-bond acceptors (Lipinski definition) is 4. The molecule has 20 heavy (non-hydrogen) atoms. The van der Waals surface area contributed by atoms with Crippen LogP contribution in [0, 0.1) is 5.41 Å². The standard InChI is InChI=1S/C15H23N3O2/c1-4-5-15(6-7-15)9-17-11-8-16-13(10(2)3)18-12(11)14(19)20/h8,10,17H,4-7,9H2,1-3H3,(H,19,20). The summed E-state index contributed by atoms with van der Waals surface area (Å²) in [6, 6.07) is 0. The number of carboxylic acids is 1. The Kier molecular flexibility index (Phi) is 4.26. The van der Waals surface area contributed by atoms with Crippen LogP contribution < -0.4 is 5.32 Å². The van der Waals surface area contributed by atoms with E-state index in [2.05, 4.69) is 22.2 Å². The van der Waals surface area contributed by atoms with Crippen LogP contribution in [0.25, 0.3) is 0 Å². The van der Waals surface area contributed by atoms with Crippen LogP contribution in [0.5, 0.6) is 0 Å². The van der Waals surface area contributed by atoms with Gasteiger partial charge in [-0.15, -0.1) is 0 Å². The topological polar surface area (TPSA) is 75.1 Å². The van der Waals surface area contributed by atoms with Gasteiger partial charge >= 0.3 is 5.97 Å². The van der Waals surface area contributed by atoms with Crippen molar-refractivity contribution >= 4 is 11.7 Å². The van der Waals surface area contributed by atoms with Crippen molar-refractivity contribution in [1.29, 1.82) is 0 Å². The Morgan fingerprint density at radius 1 is 1.50 bits per heavy atom. The van der Waals surface area contributed by atoms with Crippen molar-refractivity contribution < 1.29 is 9.90 Å². The molecule has 0 amide bonds. The molecule has 0 radical (unpaired) electrons. The van der Waals surface area contributed by atoms with E-state index in [0.717, 1.165) is 13.0 Å². The minimum absolute atomic E-state index is 0.0796. The predicted octanol–water partition coefficient (Wildman–Crippen LogP) is 3.29. The van der Waals surface area contributed by atoms with Crippen molar-refractivity contribution in [3.63, 3.8) is 0 Å². The zero-order valence-electron chi connectivity index (χ0n) is 12.4. The summed E-state index contributed by atoms with van der Waals surface area (Å²) in [5.41, 5.74) is 0.974. The van der Waals surface area contributed by atoms with Crippen LogP contribution in [0.15, 0.2) is 6.20 Å². The zero-order chi connectivity index (χ0) is 14.8. The van der Waals surface area contributed by atoms with Crippen LogP contribution in [0.4, 0.5) is 5.69 Å². The van der Waals surface area contributed by atoms with Crippen LogP contribution in [0.1, 0.15) is 68.7 Å². The number of anilines is 1. The van der Waals surface area contributed by atoms with Gasteiger partial charge in [-0.3, -0.25) is 0 Å². The Labute approximate surface area is 119 Å². The van der Waals surface area contributed by atoms with E-state index < -0.39 is 5.97 Å². The van der Waals surface area contributed by atoms with E-state index in [9.17, 15) is 9.90 Å². The molecule has 110 valence electrons. The number of rotatable bonds is 7. The average Bonchev–Trinajstić information content (AvgIpc) is 3.16. The average molecular weight is 277 g/mol. The maximum Gasteiger partial charge on any atom is 0.356 e. The van der Waals surface area contributed by atoms with E-state index in [0.29, 0.717) is 16.9 Å². The highest BCUT2D eigenvalue weighted by Crippen LogP contribution is 2.49. The molecule has 0 spiro atoms. The molecule has 0 unspecified atom stereocenters. The molecular weight excluding hydrogens is 254 g/mol. The number of hydrogen-bond donors (Lipinski definition) is 2. The fraction of sp³-hybridized carbons (Fsp3) is 0.667. The Morgan fingerprint density at radius 3 is 2.70 bits per heavy atom. The molecule has 1 aliphatic rings. The highest BCUT2D eigenvalue weighted by atomic mass is 16.4. The fourth-order valence-electron chi connectivity index (χ4n) is 2.47. The molecule has 1 aliphatic carbocycles. The van der Waals surface area contributed by atoms with E-state index in [1.165, 1.54) is 19.3 Å². The number of carbonyl (C=O) groups is 1. The highest BCUT2D eigenvalue weighted by Gasteiger charge is 2.41. The second-order valence-corrected chi connectivity index (χ2v) is 6.05. The van der Waals surface area contributed by atoms with Gasteiger partial charge in [0.1, 0.15) is 5.82 Å². The van der Waals surface area contributed by atoms with Crippen molar-refractivity contribution in [2.75, 3.05) is 11.9 Å². The fourth-order valence-corrected chi connectivity index (χ4v) is 2.47. The summed E-state index contributed by atoms with van der Waals surface area (Å²) in [5.74, 6) is -0.309. The monoisotopic (exact) mass is 277 g/mol. The van der Waals surface area contributed by atoms with Crippen LogP contribution >= 0.6 is 0 Å². The van der Waals surface area contributed by atoms with Gasteiger partial charge in [0, 0.05) is 12.5 Å². The van der Waals surface area contributed by atoms with Crippen LogP contribution in [0.3, 0.4) is 0 Å². The van der Waals surface area contributed by atoms with Gasteiger partial charge in [0.05, 0.1) is 11.9 Å². The second kappa shape index (κ2) is 5.77. The Bertz CT molecular complexity index is 496. The first kappa shape index (κ1) is 14.8. The number of aromatic carboxylic acids is 1. The van der Waals surface area contributed by atoms with Crippen molar-refractivity contribution in [3.8, 4) is 0 Å². The SMILES string of the molecule is CCCC1(CNc2cnc(C(C)C)nc2C(=O)O)CC1. The van der Waals surface area contributed by atoms with Crippen LogP contribution in [0.2, 0.25) is 0 Å². The van der Waals surface area contributed by atoms with Crippen LogP contribution in [-0.2, 0) is 0 Å². The molecule has 1 aromatic rings. The molecule has 1 heterocycles. The van der Waals surface area contributed by atoms with Gasteiger partial charge in [0.15, 0.2) is 5.69 Å². The number of carboxylic acid groups (broad SMARTS) is 1. The maximum absolute atomic E-state index is 11.3. The van der Waals surface area contributed by atoms with Gasteiger partial charge in [-0.05, 0) is 24.7 Å². The Hall–Kier alpha value is -1.65. The minimum Gasteiger partial charge on any atom is -0.476 e. The largest absolute Gasteiger partial charge is 0.476 e. The first-order chi connectivity index (χ1) is 9.47.